The van der Waals surface area contributed by atoms with E-state index in [-0.39, 0.29) is 12.1 Å². The predicted molar refractivity (Wildman–Crippen MR) is 76.1 cm³/mol. The maximum atomic E-state index is 6.32. The van der Waals surface area contributed by atoms with E-state index in [0.29, 0.717) is 0 Å². The second-order valence-electron chi connectivity index (χ2n) is 5.21. The topological polar surface area (TPSA) is 56.3 Å². The van der Waals surface area contributed by atoms with E-state index in [1.807, 2.05) is 12.4 Å². The van der Waals surface area contributed by atoms with Gasteiger partial charge in [0.15, 0.2) is 0 Å². The van der Waals surface area contributed by atoms with E-state index in [0.717, 1.165) is 45.0 Å². The van der Waals surface area contributed by atoms with Gasteiger partial charge >= 0.3 is 0 Å². The van der Waals surface area contributed by atoms with Crippen molar-refractivity contribution < 1.29 is 4.74 Å². The van der Waals surface area contributed by atoms with Crippen LogP contribution in [0.15, 0.2) is 12.4 Å². The molecule has 2 unspecified atom stereocenters. The second kappa shape index (κ2) is 7.03. The van der Waals surface area contributed by atoms with Crippen molar-refractivity contribution in [1.29, 1.82) is 0 Å². The highest BCUT2D eigenvalue weighted by atomic mass is 16.5. The number of hydrogen-bond acceptors (Lipinski definition) is 4. The van der Waals surface area contributed by atoms with Gasteiger partial charge in [-0.05, 0) is 19.9 Å². The largest absolute Gasteiger partial charge is 0.374 e. The van der Waals surface area contributed by atoms with E-state index in [4.69, 9.17) is 10.5 Å². The number of hydrogen-bond donors (Lipinski definition) is 1. The fourth-order valence-electron chi connectivity index (χ4n) is 2.67. The Morgan fingerprint density at radius 2 is 2.37 bits per heavy atom. The molecule has 0 aliphatic carbocycles. The van der Waals surface area contributed by atoms with Crippen molar-refractivity contribution in [2.45, 2.75) is 45.4 Å². The SMILES string of the molecule is CCCN1CCOC(C(N)Cc2nccn2CC)C1. The van der Waals surface area contributed by atoms with E-state index in [1.165, 1.54) is 6.42 Å². The Morgan fingerprint density at radius 3 is 3.11 bits per heavy atom. The number of aromatic nitrogens is 2. The first kappa shape index (κ1) is 14.5. The van der Waals surface area contributed by atoms with Gasteiger partial charge in [0, 0.05) is 44.5 Å². The summed E-state index contributed by atoms with van der Waals surface area (Å²) in [5.41, 5.74) is 6.32. The molecule has 5 nitrogen and oxygen atoms in total. The summed E-state index contributed by atoms with van der Waals surface area (Å²) in [4.78, 5) is 6.84. The molecule has 1 aliphatic heterocycles. The van der Waals surface area contributed by atoms with E-state index in [9.17, 15) is 0 Å². The molecule has 2 heterocycles. The Balaban J connectivity index is 1.90. The molecule has 1 fully saturated rings. The molecule has 0 aromatic carbocycles. The van der Waals surface area contributed by atoms with Gasteiger partial charge in [-0.2, -0.15) is 0 Å². The summed E-state index contributed by atoms with van der Waals surface area (Å²) in [6, 6.07) is 0.0207. The molecular weight excluding hydrogens is 240 g/mol. The third-order valence-electron chi connectivity index (χ3n) is 3.76. The van der Waals surface area contributed by atoms with Gasteiger partial charge in [0.25, 0.3) is 0 Å². The Hall–Kier alpha value is -0.910. The molecule has 0 radical (unpaired) electrons. The average molecular weight is 266 g/mol. The minimum absolute atomic E-state index is 0.0207. The minimum Gasteiger partial charge on any atom is -0.374 e. The highest BCUT2D eigenvalue weighted by molar-refractivity contribution is 4.97. The zero-order valence-electron chi connectivity index (χ0n) is 12.1. The molecule has 0 saturated carbocycles. The summed E-state index contributed by atoms with van der Waals surface area (Å²) < 4.78 is 7.98. The van der Waals surface area contributed by atoms with Crippen molar-refractivity contribution in [3.8, 4) is 0 Å². The number of aryl methyl sites for hydroxylation is 1. The second-order valence-corrected chi connectivity index (χ2v) is 5.21. The number of nitrogens with two attached hydrogens (primary N) is 1. The molecule has 0 amide bonds. The van der Waals surface area contributed by atoms with E-state index in [2.05, 4.69) is 28.3 Å². The zero-order chi connectivity index (χ0) is 13.7. The molecule has 19 heavy (non-hydrogen) atoms. The van der Waals surface area contributed by atoms with E-state index >= 15 is 0 Å². The molecule has 5 heteroatoms. The number of morpholine rings is 1. The Morgan fingerprint density at radius 1 is 1.53 bits per heavy atom. The quantitative estimate of drug-likeness (QED) is 0.830. The Bertz CT molecular complexity index is 377. The molecule has 2 atom stereocenters. The van der Waals surface area contributed by atoms with Gasteiger partial charge in [-0.15, -0.1) is 0 Å². The summed E-state index contributed by atoms with van der Waals surface area (Å²) >= 11 is 0. The molecule has 2 N–H and O–H groups in total. The Labute approximate surface area is 115 Å². The van der Waals surface area contributed by atoms with E-state index in [1.54, 1.807) is 0 Å². The molecule has 1 aromatic rings. The van der Waals surface area contributed by atoms with Crippen LogP contribution in [0.2, 0.25) is 0 Å². The number of rotatable bonds is 6. The fraction of sp³-hybridized carbons (Fsp3) is 0.786. The molecule has 1 saturated heterocycles. The van der Waals surface area contributed by atoms with Gasteiger partial charge in [-0.1, -0.05) is 6.92 Å². The first-order chi connectivity index (χ1) is 9.24. The van der Waals surface area contributed by atoms with Crippen LogP contribution in [-0.2, 0) is 17.7 Å². The lowest BCUT2D eigenvalue weighted by atomic mass is 10.1. The first-order valence-electron chi connectivity index (χ1n) is 7.34. The van der Waals surface area contributed by atoms with Crippen LogP contribution in [0, 0.1) is 0 Å². The normalized spacial score (nSPS) is 22.6. The van der Waals surface area contributed by atoms with Crippen molar-refractivity contribution >= 4 is 0 Å². The highest BCUT2D eigenvalue weighted by Gasteiger charge is 2.26. The average Bonchev–Trinajstić information content (AvgIpc) is 2.86. The zero-order valence-corrected chi connectivity index (χ0v) is 12.1. The summed E-state index contributed by atoms with van der Waals surface area (Å²) in [6.07, 6.45) is 5.94. The lowest BCUT2D eigenvalue weighted by molar-refractivity contribution is -0.0404. The van der Waals surface area contributed by atoms with Crippen LogP contribution in [0.4, 0.5) is 0 Å². The third-order valence-corrected chi connectivity index (χ3v) is 3.76. The number of nitrogens with zero attached hydrogens (tertiary/aromatic N) is 3. The van der Waals surface area contributed by atoms with Crippen LogP contribution >= 0.6 is 0 Å². The summed E-state index contributed by atoms with van der Waals surface area (Å²) in [5.74, 6) is 1.06. The maximum Gasteiger partial charge on any atom is 0.110 e. The van der Waals surface area contributed by atoms with Gasteiger partial charge in [-0.25, -0.2) is 4.98 Å². The van der Waals surface area contributed by atoms with Crippen LogP contribution in [0.1, 0.15) is 26.1 Å². The maximum absolute atomic E-state index is 6.32. The monoisotopic (exact) mass is 266 g/mol. The smallest absolute Gasteiger partial charge is 0.110 e. The third kappa shape index (κ3) is 3.78. The first-order valence-corrected chi connectivity index (χ1v) is 7.34. The van der Waals surface area contributed by atoms with Gasteiger partial charge in [-0.3, -0.25) is 4.90 Å². The van der Waals surface area contributed by atoms with Gasteiger partial charge in [0.1, 0.15) is 5.82 Å². The van der Waals surface area contributed by atoms with Crippen LogP contribution in [0.25, 0.3) is 0 Å². The molecule has 0 spiro atoms. The lowest BCUT2D eigenvalue weighted by Crippen LogP contribution is -2.51. The van der Waals surface area contributed by atoms with Crippen molar-refractivity contribution in [2.24, 2.45) is 5.73 Å². The van der Waals surface area contributed by atoms with Gasteiger partial charge < -0.3 is 15.0 Å². The van der Waals surface area contributed by atoms with Crippen LogP contribution in [0.3, 0.4) is 0 Å². The minimum atomic E-state index is 0.0207. The van der Waals surface area contributed by atoms with Crippen LogP contribution < -0.4 is 5.73 Å². The predicted octanol–water partition coefficient (Wildman–Crippen LogP) is 0.884. The van der Waals surface area contributed by atoms with Gasteiger partial charge in [0.2, 0.25) is 0 Å². The van der Waals surface area contributed by atoms with Crippen LogP contribution in [0.5, 0.6) is 0 Å². The Kier molecular flexibility index (Phi) is 5.36. The molecule has 1 aliphatic rings. The summed E-state index contributed by atoms with van der Waals surface area (Å²) in [6.45, 7) is 9.17. The van der Waals surface area contributed by atoms with Crippen molar-refractivity contribution in [3.05, 3.63) is 18.2 Å². The highest BCUT2D eigenvalue weighted by Crippen LogP contribution is 2.12. The van der Waals surface area contributed by atoms with Crippen molar-refractivity contribution in [3.63, 3.8) is 0 Å². The van der Waals surface area contributed by atoms with E-state index < -0.39 is 0 Å². The van der Waals surface area contributed by atoms with Crippen molar-refractivity contribution in [1.82, 2.24) is 14.5 Å². The van der Waals surface area contributed by atoms with Gasteiger partial charge in [0.05, 0.1) is 12.7 Å². The number of ether oxygens (including phenoxy) is 1. The number of imidazole rings is 1. The summed E-state index contributed by atoms with van der Waals surface area (Å²) in [5, 5.41) is 0. The molecule has 1 aromatic heterocycles. The summed E-state index contributed by atoms with van der Waals surface area (Å²) in [7, 11) is 0. The molecule has 0 bridgehead atoms. The molecular formula is C14H26N4O. The van der Waals surface area contributed by atoms with Crippen molar-refractivity contribution in [2.75, 3.05) is 26.2 Å². The van der Waals surface area contributed by atoms with Crippen LogP contribution in [-0.4, -0.2) is 52.8 Å². The lowest BCUT2D eigenvalue weighted by Gasteiger charge is -2.35. The standard InChI is InChI=1S/C14H26N4O/c1-3-6-17-8-9-19-13(11-17)12(15)10-14-16-5-7-18(14)4-2/h5,7,12-13H,3-4,6,8-11,15H2,1-2H3. The molecule has 108 valence electrons. The fourth-order valence-corrected chi connectivity index (χ4v) is 2.67. The molecule has 2 rings (SSSR count).